The Morgan fingerprint density at radius 1 is 1.53 bits per heavy atom. The lowest BCUT2D eigenvalue weighted by Crippen LogP contribution is -2.39. The van der Waals surface area contributed by atoms with E-state index in [1.807, 2.05) is 0 Å². The van der Waals surface area contributed by atoms with Gasteiger partial charge in [0.25, 0.3) is 0 Å². The molecule has 0 heterocycles. The molecule has 0 bridgehead atoms. The van der Waals surface area contributed by atoms with Crippen LogP contribution >= 0.6 is 15.9 Å². The minimum atomic E-state index is -0.205. The molecule has 0 aliphatic heterocycles. The molecule has 0 aromatic heterocycles. The number of ether oxygens (including phenoxy) is 1. The number of carbonyl (C=O) groups is 1. The largest absolute Gasteiger partial charge is 0.468 e. The van der Waals surface area contributed by atoms with Crippen molar-refractivity contribution in [3.05, 3.63) is 0 Å². The molecule has 15 heavy (non-hydrogen) atoms. The standard InChI is InChI=1S/C11H20BrNO2/c1-8(2)13(6-9-4-5-9)7-10(12)11(14)15-3/h8-10H,4-7H2,1-3H3. The third-order valence-electron chi connectivity index (χ3n) is 2.77. The van der Waals surface area contributed by atoms with Crippen LogP contribution in [-0.4, -0.2) is 41.9 Å². The molecule has 1 unspecified atom stereocenters. The molecule has 1 aliphatic carbocycles. The summed E-state index contributed by atoms with van der Waals surface area (Å²) in [7, 11) is 1.43. The highest BCUT2D eigenvalue weighted by molar-refractivity contribution is 9.10. The lowest BCUT2D eigenvalue weighted by Gasteiger charge is -2.27. The van der Waals surface area contributed by atoms with Gasteiger partial charge >= 0.3 is 5.97 Å². The van der Waals surface area contributed by atoms with Crippen molar-refractivity contribution in [1.29, 1.82) is 0 Å². The molecule has 88 valence electrons. The Morgan fingerprint density at radius 2 is 2.13 bits per heavy atom. The zero-order valence-electron chi connectivity index (χ0n) is 9.70. The van der Waals surface area contributed by atoms with Crippen molar-refractivity contribution < 1.29 is 9.53 Å². The third kappa shape index (κ3) is 4.51. The van der Waals surface area contributed by atoms with Crippen LogP contribution < -0.4 is 0 Å². The predicted octanol–water partition coefficient (Wildman–Crippen LogP) is 2.04. The smallest absolute Gasteiger partial charge is 0.320 e. The van der Waals surface area contributed by atoms with E-state index in [-0.39, 0.29) is 10.8 Å². The Bertz CT molecular complexity index is 217. The van der Waals surface area contributed by atoms with Crippen molar-refractivity contribution in [1.82, 2.24) is 4.90 Å². The molecule has 1 fully saturated rings. The highest BCUT2D eigenvalue weighted by Gasteiger charge is 2.28. The second-order valence-electron chi connectivity index (χ2n) is 4.48. The Morgan fingerprint density at radius 3 is 2.53 bits per heavy atom. The monoisotopic (exact) mass is 277 g/mol. The molecular weight excluding hydrogens is 258 g/mol. The molecule has 0 spiro atoms. The number of hydrogen-bond acceptors (Lipinski definition) is 3. The maximum atomic E-state index is 11.3. The van der Waals surface area contributed by atoms with Crippen LogP contribution in [0.2, 0.25) is 0 Å². The zero-order chi connectivity index (χ0) is 11.4. The van der Waals surface area contributed by atoms with Crippen LogP contribution in [0.4, 0.5) is 0 Å². The van der Waals surface area contributed by atoms with Crippen LogP contribution in [0.25, 0.3) is 0 Å². The van der Waals surface area contributed by atoms with Crippen molar-refractivity contribution >= 4 is 21.9 Å². The molecule has 0 aromatic rings. The summed E-state index contributed by atoms with van der Waals surface area (Å²) in [5, 5.41) is 0. The Labute approximate surface area is 100 Å². The van der Waals surface area contributed by atoms with Crippen LogP contribution in [-0.2, 0) is 9.53 Å². The van der Waals surface area contributed by atoms with E-state index in [1.54, 1.807) is 0 Å². The van der Waals surface area contributed by atoms with E-state index in [9.17, 15) is 4.79 Å². The summed E-state index contributed by atoms with van der Waals surface area (Å²) in [4.78, 5) is 13.4. The maximum absolute atomic E-state index is 11.3. The number of methoxy groups -OCH3 is 1. The van der Waals surface area contributed by atoms with Crippen molar-refractivity contribution in [3.8, 4) is 0 Å². The summed E-state index contributed by atoms with van der Waals surface area (Å²) in [5.74, 6) is 0.668. The number of alkyl halides is 1. The molecular formula is C11H20BrNO2. The van der Waals surface area contributed by atoms with Crippen molar-refractivity contribution in [2.45, 2.75) is 37.6 Å². The van der Waals surface area contributed by atoms with E-state index in [2.05, 4.69) is 34.7 Å². The van der Waals surface area contributed by atoms with Crippen LogP contribution in [0.1, 0.15) is 26.7 Å². The molecule has 0 saturated heterocycles. The van der Waals surface area contributed by atoms with Gasteiger partial charge in [-0.25, -0.2) is 0 Å². The first kappa shape index (κ1) is 13.0. The van der Waals surface area contributed by atoms with Gasteiger partial charge in [0.1, 0.15) is 4.83 Å². The van der Waals surface area contributed by atoms with Crippen LogP contribution in [0.5, 0.6) is 0 Å². The van der Waals surface area contributed by atoms with Crippen molar-refractivity contribution in [2.24, 2.45) is 5.92 Å². The Kier molecular flexibility index (Phi) is 5.06. The van der Waals surface area contributed by atoms with Crippen LogP contribution in [0.3, 0.4) is 0 Å². The molecule has 3 nitrogen and oxygen atoms in total. The molecule has 1 rings (SSSR count). The minimum Gasteiger partial charge on any atom is -0.468 e. The third-order valence-corrected chi connectivity index (χ3v) is 3.44. The number of carbonyl (C=O) groups excluding carboxylic acids is 1. The lowest BCUT2D eigenvalue weighted by molar-refractivity contribution is -0.140. The van der Waals surface area contributed by atoms with Gasteiger partial charge in [-0.1, -0.05) is 15.9 Å². The summed E-state index contributed by atoms with van der Waals surface area (Å²) in [6, 6.07) is 0.482. The number of rotatable bonds is 6. The predicted molar refractivity (Wildman–Crippen MR) is 64.2 cm³/mol. The first-order chi connectivity index (χ1) is 7.04. The fraction of sp³-hybridized carbons (Fsp3) is 0.909. The van der Waals surface area contributed by atoms with Gasteiger partial charge in [0, 0.05) is 19.1 Å². The first-order valence-electron chi connectivity index (χ1n) is 5.50. The van der Waals surface area contributed by atoms with Gasteiger partial charge in [0.2, 0.25) is 0 Å². The van der Waals surface area contributed by atoms with Crippen molar-refractivity contribution in [3.63, 3.8) is 0 Å². The van der Waals surface area contributed by atoms with Crippen LogP contribution in [0.15, 0.2) is 0 Å². The normalized spacial score (nSPS) is 18.3. The topological polar surface area (TPSA) is 29.5 Å². The van der Waals surface area contributed by atoms with E-state index in [0.717, 1.165) is 19.0 Å². The fourth-order valence-electron chi connectivity index (χ4n) is 1.54. The second kappa shape index (κ2) is 5.85. The summed E-state index contributed by atoms with van der Waals surface area (Å²) < 4.78 is 4.70. The molecule has 0 N–H and O–H groups in total. The Hall–Kier alpha value is -0.0900. The molecule has 0 amide bonds. The number of hydrogen-bond donors (Lipinski definition) is 0. The molecule has 1 saturated carbocycles. The SMILES string of the molecule is COC(=O)C(Br)CN(CC1CC1)C(C)C. The maximum Gasteiger partial charge on any atom is 0.320 e. The summed E-state index contributed by atoms with van der Waals surface area (Å²) >= 11 is 3.37. The van der Waals surface area contributed by atoms with Gasteiger partial charge in [-0.3, -0.25) is 9.69 Å². The van der Waals surface area contributed by atoms with E-state index in [4.69, 9.17) is 4.74 Å². The summed E-state index contributed by atoms with van der Waals surface area (Å²) in [5.41, 5.74) is 0. The average Bonchev–Trinajstić information content (AvgIpc) is 2.99. The minimum absolute atomic E-state index is 0.184. The summed E-state index contributed by atoms with van der Waals surface area (Å²) in [6.07, 6.45) is 2.68. The number of nitrogens with zero attached hydrogens (tertiary/aromatic N) is 1. The van der Waals surface area contributed by atoms with Gasteiger partial charge < -0.3 is 4.74 Å². The van der Waals surface area contributed by atoms with E-state index < -0.39 is 0 Å². The van der Waals surface area contributed by atoms with Gasteiger partial charge in [-0.2, -0.15) is 0 Å². The summed E-state index contributed by atoms with van der Waals surface area (Å²) in [6.45, 7) is 6.18. The fourth-order valence-corrected chi connectivity index (χ4v) is 2.10. The van der Waals surface area contributed by atoms with E-state index in [0.29, 0.717) is 6.04 Å². The zero-order valence-corrected chi connectivity index (χ0v) is 11.3. The van der Waals surface area contributed by atoms with Gasteiger partial charge in [0.15, 0.2) is 0 Å². The molecule has 0 aromatic carbocycles. The van der Waals surface area contributed by atoms with Gasteiger partial charge in [-0.15, -0.1) is 0 Å². The number of halogens is 1. The Balaban J connectivity index is 2.38. The van der Waals surface area contributed by atoms with Gasteiger partial charge in [-0.05, 0) is 32.6 Å². The van der Waals surface area contributed by atoms with E-state index in [1.165, 1.54) is 20.0 Å². The second-order valence-corrected chi connectivity index (χ2v) is 5.59. The average molecular weight is 278 g/mol. The molecule has 1 atom stereocenters. The number of esters is 1. The van der Waals surface area contributed by atoms with Gasteiger partial charge in [0.05, 0.1) is 7.11 Å². The van der Waals surface area contributed by atoms with Crippen LogP contribution in [0, 0.1) is 5.92 Å². The highest BCUT2D eigenvalue weighted by Crippen LogP contribution is 2.30. The first-order valence-corrected chi connectivity index (χ1v) is 6.42. The highest BCUT2D eigenvalue weighted by atomic mass is 79.9. The molecule has 1 aliphatic rings. The molecule has 4 heteroatoms. The quantitative estimate of drug-likeness (QED) is 0.550. The van der Waals surface area contributed by atoms with Crippen molar-refractivity contribution in [2.75, 3.05) is 20.2 Å². The van der Waals surface area contributed by atoms with E-state index >= 15 is 0 Å². The molecule has 0 radical (unpaired) electrons. The lowest BCUT2D eigenvalue weighted by atomic mass is 10.2.